The molecule has 116 valence electrons. The molecule has 3 rings (SSSR count). The van der Waals surface area contributed by atoms with Crippen molar-refractivity contribution in [2.45, 2.75) is 33.2 Å². The Morgan fingerprint density at radius 3 is 2.77 bits per heavy atom. The molecule has 1 N–H and O–H groups in total. The van der Waals surface area contributed by atoms with Gasteiger partial charge in [0, 0.05) is 23.2 Å². The number of carbonyl (C=O) groups is 1. The van der Waals surface area contributed by atoms with Gasteiger partial charge in [-0.1, -0.05) is 6.07 Å². The maximum absolute atomic E-state index is 12.3. The standard InChI is InChI=1S/C18H22N2OS/c1-12-8-13(2)10-15(9-12)19-18(21)11-20-6-4-17-16(14(20)3)5-7-22-17/h5,7-10,14H,4,6,11H2,1-3H3,(H,19,21)/t14-/m1/s1. The Morgan fingerprint density at radius 2 is 2.05 bits per heavy atom. The molecule has 0 saturated heterocycles. The Balaban J connectivity index is 1.65. The number of hydrogen-bond donors (Lipinski definition) is 1. The van der Waals surface area contributed by atoms with Gasteiger partial charge in [-0.25, -0.2) is 0 Å². The van der Waals surface area contributed by atoms with Crippen molar-refractivity contribution in [3.63, 3.8) is 0 Å². The second-order valence-electron chi connectivity index (χ2n) is 6.12. The van der Waals surface area contributed by atoms with Crippen LogP contribution in [0.2, 0.25) is 0 Å². The van der Waals surface area contributed by atoms with Crippen molar-refractivity contribution >= 4 is 22.9 Å². The summed E-state index contributed by atoms with van der Waals surface area (Å²) in [5.41, 5.74) is 4.62. The van der Waals surface area contributed by atoms with Crippen molar-refractivity contribution in [3.05, 3.63) is 51.2 Å². The van der Waals surface area contributed by atoms with E-state index in [1.165, 1.54) is 21.6 Å². The third-order valence-electron chi connectivity index (χ3n) is 4.26. The molecule has 22 heavy (non-hydrogen) atoms. The van der Waals surface area contributed by atoms with Gasteiger partial charge in [-0.05, 0) is 67.5 Å². The van der Waals surface area contributed by atoms with Crippen LogP contribution < -0.4 is 5.32 Å². The van der Waals surface area contributed by atoms with Gasteiger partial charge in [0.25, 0.3) is 0 Å². The van der Waals surface area contributed by atoms with Crippen molar-refractivity contribution in [1.29, 1.82) is 0 Å². The molecule has 3 nitrogen and oxygen atoms in total. The molecule has 2 heterocycles. The molecule has 0 aliphatic carbocycles. The van der Waals surface area contributed by atoms with E-state index in [1.54, 1.807) is 0 Å². The first-order valence-corrected chi connectivity index (χ1v) is 8.59. The SMILES string of the molecule is Cc1cc(C)cc(NC(=O)CN2CCc3sccc3[C@H]2C)c1. The molecule has 1 aliphatic rings. The molecular formula is C18H22N2OS. The van der Waals surface area contributed by atoms with Crippen LogP contribution in [0.5, 0.6) is 0 Å². The van der Waals surface area contributed by atoms with Crippen molar-refractivity contribution in [2.24, 2.45) is 0 Å². The van der Waals surface area contributed by atoms with E-state index >= 15 is 0 Å². The molecule has 0 saturated carbocycles. The highest BCUT2D eigenvalue weighted by Gasteiger charge is 2.26. The predicted octanol–water partition coefficient (Wildman–Crippen LogP) is 3.92. The van der Waals surface area contributed by atoms with Crippen molar-refractivity contribution < 1.29 is 4.79 Å². The van der Waals surface area contributed by atoms with Crippen LogP contribution in [0.15, 0.2) is 29.6 Å². The van der Waals surface area contributed by atoms with Gasteiger partial charge in [0.2, 0.25) is 5.91 Å². The molecular weight excluding hydrogens is 292 g/mol. The first kappa shape index (κ1) is 15.3. The first-order chi connectivity index (χ1) is 10.5. The zero-order valence-electron chi connectivity index (χ0n) is 13.3. The Labute approximate surface area is 136 Å². The minimum Gasteiger partial charge on any atom is -0.325 e. The number of hydrogen-bond acceptors (Lipinski definition) is 3. The number of benzene rings is 1. The molecule has 0 radical (unpaired) electrons. The summed E-state index contributed by atoms with van der Waals surface area (Å²) in [5, 5.41) is 5.18. The van der Waals surface area contributed by atoms with Crippen LogP contribution in [-0.4, -0.2) is 23.9 Å². The van der Waals surface area contributed by atoms with Gasteiger partial charge < -0.3 is 5.32 Å². The highest BCUT2D eigenvalue weighted by molar-refractivity contribution is 7.10. The largest absolute Gasteiger partial charge is 0.325 e. The predicted molar refractivity (Wildman–Crippen MR) is 92.6 cm³/mol. The fraction of sp³-hybridized carbons (Fsp3) is 0.389. The maximum atomic E-state index is 12.3. The number of nitrogens with zero attached hydrogens (tertiary/aromatic N) is 1. The highest BCUT2D eigenvalue weighted by Crippen LogP contribution is 2.32. The molecule has 4 heteroatoms. The quantitative estimate of drug-likeness (QED) is 0.931. The van der Waals surface area contributed by atoms with Crippen LogP contribution >= 0.6 is 11.3 Å². The summed E-state index contributed by atoms with van der Waals surface area (Å²) in [6.45, 7) is 7.69. The molecule has 1 atom stereocenters. The Bertz CT molecular complexity index is 672. The van der Waals surface area contributed by atoms with Gasteiger partial charge >= 0.3 is 0 Å². The maximum Gasteiger partial charge on any atom is 0.238 e. The number of anilines is 1. The highest BCUT2D eigenvalue weighted by atomic mass is 32.1. The number of amides is 1. The second kappa shape index (κ2) is 6.23. The smallest absolute Gasteiger partial charge is 0.238 e. The lowest BCUT2D eigenvalue weighted by atomic mass is 10.0. The summed E-state index contributed by atoms with van der Waals surface area (Å²) in [6, 6.07) is 8.65. The van der Waals surface area contributed by atoms with Crippen molar-refractivity contribution in [1.82, 2.24) is 4.90 Å². The number of carbonyl (C=O) groups excluding carboxylic acids is 1. The minimum absolute atomic E-state index is 0.0653. The van der Waals surface area contributed by atoms with Gasteiger partial charge in [-0.15, -0.1) is 11.3 Å². The molecule has 0 fully saturated rings. The fourth-order valence-electron chi connectivity index (χ4n) is 3.21. The van der Waals surface area contributed by atoms with Gasteiger partial charge in [0.1, 0.15) is 0 Å². The molecule has 1 aromatic heterocycles. The van der Waals surface area contributed by atoms with E-state index in [9.17, 15) is 4.79 Å². The summed E-state index contributed by atoms with van der Waals surface area (Å²) in [5.74, 6) is 0.0653. The van der Waals surface area contributed by atoms with E-state index < -0.39 is 0 Å². The Kier molecular flexibility index (Phi) is 4.32. The summed E-state index contributed by atoms with van der Waals surface area (Å²) in [6.07, 6.45) is 1.05. The molecule has 0 unspecified atom stereocenters. The number of nitrogens with one attached hydrogen (secondary N) is 1. The molecule has 1 aliphatic heterocycles. The topological polar surface area (TPSA) is 32.3 Å². The van der Waals surface area contributed by atoms with E-state index in [-0.39, 0.29) is 5.91 Å². The Morgan fingerprint density at radius 1 is 1.32 bits per heavy atom. The summed E-state index contributed by atoms with van der Waals surface area (Å²) in [4.78, 5) is 16.1. The molecule has 1 aromatic carbocycles. The molecule has 0 bridgehead atoms. The van der Waals surface area contributed by atoms with E-state index in [4.69, 9.17) is 0 Å². The minimum atomic E-state index is 0.0653. The molecule has 1 amide bonds. The van der Waals surface area contributed by atoms with Crippen LogP contribution in [0.4, 0.5) is 5.69 Å². The van der Waals surface area contributed by atoms with E-state index in [2.05, 4.69) is 34.7 Å². The van der Waals surface area contributed by atoms with E-state index in [1.807, 2.05) is 37.3 Å². The number of rotatable bonds is 3. The van der Waals surface area contributed by atoms with Crippen molar-refractivity contribution in [2.75, 3.05) is 18.4 Å². The van der Waals surface area contributed by atoms with Crippen molar-refractivity contribution in [3.8, 4) is 0 Å². The number of thiophene rings is 1. The zero-order valence-corrected chi connectivity index (χ0v) is 14.2. The van der Waals surface area contributed by atoms with Crippen LogP contribution in [0.3, 0.4) is 0 Å². The lowest BCUT2D eigenvalue weighted by Crippen LogP contribution is -2.39. The monoisotopic (exact) mass is 314 g/mol. The van der Waals surface area contributed by atoms with E-state index in [0.717, 1.165) is 18.7 Å². The summed E-state index contributed by atoms with van der Waals surface area (Å²) in [7, 11) is 0. The summed E-state index contributed by atoms with van der Waals surface area (Å²) >= 11 is 1.83. The average Bonchev–Trinajstić information content (AvgIpc) is 2.90. The first-order valence-electron chi connectivity index (χ1n) is 7.71. The number of aryl methyl sites for hydroxylation is 2. The van der Waals surface area contributed by atoms with Gasteiger partial charge in [0.15, 0.2) is 0 Å². The second-order valence-corrected chi connectivity index (χ2v) is 7.12. The van der Waals surface area contributed by atoms with Gasteiger partial charge in [-0.3, -0.25) is 9.69 Å². The Hall–Kier alpha value is -1.65. The fourth-order valence-corrected chi connectivity index (χ4v) is 4.17. The third kappa shape index (κ3) is 3.23. The van der Waals surface area contributed by atoms with E-state index in [0.29, 0.717) is 12.6 Å². The van der Waals surface area contributed by atoms with Gasteiger partial charge in [-0.2, -0.15) is 0 Å². The zero-order chi connectivity index (χ0) is 15.7. The third-order valence-corrected chi connectivity index (χ3v) is 5.25. The van der Waals surface area contributed by atoms with Crippen LogP contribution in [0.1, 0.15) is 34.5 Å². The molecule has 2 aromatic rings. The lowest BCUT2D eigenvalue weighted by Gasteiger charge is -2.32. The van der Waals surface area contributed by atoms with Crippen LogP contribution in [0.25, 0.3) is 0 Å². The average molecular weight is 314 g/mol. The van der Waals surface area contributed by atoms with Gasteiger partial charge in [0.05, 0.1) is 6.54 Å². The summed E-state index contributed by atoms with van der Waals surface area (Å²) < 4.78 is 0. The lowest BCUT2D eigenvalue weighted by molar-refractivity contribution is -0.117. The molecule has 0 spiro atoms. The normalized spacial score (nSPS) is 18.0. The number of fused-ring (bicyclic) bond motifs is 1. The van der Waals surface area contributed by atoms with Crippen LogP contribution in [-0.2, 0) is 11.2 Å². The van der Waals surface area contributed by atoms with Crippen LogP contribution in [0, 0.1) is 13.8 Å².